The van der Waals surface area contributed by atoms with Gasteiger partial charge in [-0.1, -0.05) is 0 Å². The summed E-state index contributed by atoms with van der Waals surface area (Å²) < 4.78 is 135. The Morgan fingerprint density at radius 1 is 0.737 bits per heavy atom. The van der Waals surface area contributed by atoms with E-state index in [1.54, 1.807) is 0 Å². The molecule has 0 N–H and O–H groups in total. The Balaban J connectivity index is 0. The highest BCUT2D eigenvalue weighted by atomic mass is 19.4. The van der Waals surface area contributed by atoms with E-state index < -0.39 is 37.0 Å². The van der Waals surface area contributed by atoms with Gasteiger partial charge in [0.1, 0.15) is 6.42 Å². The van der Waals surface area contributed by atoms with Crippen molar-refractivity contribution in [1.29, 1.82) is 0 Å². The van der Waals surface area contributed by atoms with Gasteiger partial charge >= 0.3 is 18.5 Å². The van der Waals surface area contributed by atoms with E-state index >= 15 is 0 Å². The molecule has 0 rings (SSSR count). The lowest BCUT2D eigenvalue weighted by Crippen LogP contribution is -2.44. The van der Waals surface area contributed by atoms with Crippen LogP contribution in [0.15, 0.2) is 0 Å². The smallest absolute Gasteiger partial charge is 0.231 e. The number of hydrogen-bond donors (Lipinski definition) is 0. The first-order valence-electron chi connectivity index (χ1n) is 4.08. The molecule has 0 bridgehead atoms. The number of rotatable bonds is 2. The van der Waals surface area contributed by atoms with Crippen molar-refractivity contribution in [2.24, 2.45) is 0 Å². The van der Waals surface area contributed by atoms with Crippen LogP contribution in [0, 0.1) is 0 Å². The van der Waals surface area contributed by atoms with Crippen molar-refractivity contribution in [1.82, 2.24) is 0 Å². The van der Waals surface area contributed by atoms with Gasteiger partial charge in [-0.05, 0) is 0 Å². The van der Waals surface area contributed by atoms with E-state index in [1.807, 2.05) is 0 Å². The first kappa shape index (κ1) is 20.5. The average Bonchev–Trinajstić information content (AvgIpc) is 1.92. The second-order valence-electron chi connectivity index (χ2n) is 3.24. The molecule has 0 heterocycles. The van der Waals surface area contributed by atoms with Gasteiger partial charge in [0.05, 0.1) is 0 Å². The Labute approximate surface area is 97.9 Å². The Morgan fingerprint density at radius 2 is 1.00 bits per heavy atom. The molecule has 0 saturated carbocycles. The largest absolute Gasteiger partial charge is 0.425 e. The lowest BCUT2D eigenvalue weighted by atomic mass is 10.1. The van der Waals surface area contributed by atoms with Crippen LogP contribution in [0.4, 0.5) is 52.7 Å². The van der Waals surface area contributed by atoms with Crippen LogP contribution in [0.3, 0.4) is 0 Å². The second kappa shape index (κ2) is 6.07. The molecule has 0 nitrogen and oxygen atoms in total. The van der Waals surface area contributed by atoms with Gasteiger partial charge < -0.3 is 0 Å². The molecule has 0 aromatic heterocycles. The lowest BCUT2D eigenvalue weighted by Gasteiger charge is -2.23. The zero-order valence-corrected chi connectivity index (χ0v) is 8.82. The third kappa shape index (κ3) is 13.4. The highest BCUT2D eigenvalue weighted by Crippen LogP contribution is 2.41. The fourth-order valence-electron chi connectivity index (χ4n) is 0.596. The van der Waals surface area contributed by atoms with E-state index in [9.17, 15) is 52.7 Å². The van der Waals surface area contributed by atoms with Crippen LogP contribution >= 0.6 is 0 Å². The minimum absolute atomic E-state index is 0.188. The molecule has 0 fully saturated rings. The van der Waals surface area contributed by atoms with Gasteiger partial charge in [0.2, 0.25) is 0 Å². The molecule has 0 aliphatic heterocycles. The van der Waals surface area contributed by atoms with Crippen molar-refractivity contribution >= 4 is 0 Å². The standard InChI is InChI=1S/C5H3F9.C2H3F3/c6-2(5(12,13)14)3(7,8)1-4(9,10)11;1-2(3,4)5/h2H,1H2;1H3. The van der Waals surface area contributed by atoms with Gasteiger partial charge in [0.15, 0.2) is 0 Å². The predicted molar refractivity (Wildman–Crippen MR) is 38.3 cm³/mol. The highest BCUT2D eigenvalue weighted by molar-refractivity contribution is 4.84. The van der Waals surface area contributed by atoms with Crippen LogP contribution in [0.5, 0.6) is 0 Å². The van der Waals surface area contributed by atoms with Gasteiger partial charge in [-0.15, -0.1) is 0 Å². The second-order valence-corrected chi connectivity index (χ2v) is 3.24. The summed E-state index contributed by atoms with van der Waals surface area (Å²) in [5, 5.41) is 0. The van der Waals surface area contributed by atoms with E-state index in [1.165, 1.54) is 0 Å². The van der Waals surface area contributed by atoms with Crippen LogP contribution in [-0.4, -0.2) is 30.6 Å². The van der Waals surface area contributed by atoms with Gasteiger partial charge in [0, 0.05) is 6.92 Å². The maximum atomic E-state index is 12.0. The molecule has 1 atom stereocenters. The zero-order chi connectivity index (χ0) is 16.3. The predicted octanol–water partition coefficient (Wildman–Crippen LogP) is 5.04. The molecule has 1 unspecified atom stereocenters. The molecule has 0 amide bonds. The monoisotopic (exact) mass is 318 g/mol. The lowest BCUT2D eigenvalue weighted by molar-refractivity contribution is -0.271. The summed E-state index contributed by atoms with van der Waals surface area (Å²) in [6.07, 6.45) is -23.5. The van der Waals surface area contributed by atoms with Crippen molar-refractivity contribution in [2.75, 3.05) is 0 Å². The third-order valence-electron chi connectivity index (χ3n) is 1.09. The summed E-state index contributed by atoms with van der Waals surface area (Å²) >= 11 is 0. The topological polar surface area (TPSA) is 0 Å². The van der Waals surface area contributed by atoms with Crippen LogP contribution in [0.25, 0.3) is 0 Å². The van der Waals surface area contributed by atoms with E-state index in [0.29, 0.717) is 0 Å². The molecule has 0 spiro atoms. The summed E-state index contributed by atoms with van der Waals surface area (Å²) in [5.74, 6) is -5.49. The molecule has 0 aliphatic carbocycles. The third-order valence-corrected chi connectivity index (χ3v) is 1.09. The van der Waals surface area contributed by atoms with Crippen molar-refractivity contribution in [3.63, 3.8) is 0 Å². The Morgan fingerprint density at radius 3 is 1.16 bits per heavy atom. The molecule has 118 valence electrons. The number of alkyl halides is 12. The molecule has 0 radical (unpaired) electrons. The Kier molecular flexibility index (Phi) is 6.55. The minimum atomic E-state index is -6.01. The van der Waals surface area contributed by atoms with Crippen LogP contribution in [-0.2, 0) is 0 Å². The molecular weight excluding hydrogens is 312 g/mol. The minimum Gasteiger partial charge on any atom is -0.231 e. The fourth-order valence-corrected chi connectivity index (χ4v) is 0.596. The summed E-state index contributed by atoms with van der Waals surface area (Å²) in [6, 6.07) is 0. The summed E-state index contributed by atoms with van der Waals surface area (Å²) in [5.41, 5.74) is 0. The van der Waals surface area contributed by atoms with Crippen LogP contribution in [0.2, 0.25) is 0 Å². The average molecular weight is 318 g/mol. The summed E-state index contributed by atoms with van der Waals surface area (Å²) in [7, 11) is 0. The first-order chi connectivity index (χ1) is 7.86. The SMILES string of the molecule is CC(F)(F)F.FC(C(F)(F)F)C(F)(F)CC(F)(F)F. The quantitative estimate of drug-likeness (QED) is 0.626. The van der Waals surface area contributed by atoms with Crippen LogP contribution in [0.1, 0.15) is 13.3 Å². The molecule has 0 aromatic rings. The van der Waals surface area contributed by atoms with E-state index in [0.717, 1.165) is 0 Å². The van der Waals surface area contributed by atoms with Gasteiger partial charge in [-0.25, -0.2) is 13.2 Å². The Bertz CT molecular complexity index is 249. The zero-order valence-electron chi connectivity index (χ0n) is 8.82. The molecule has 0 aromatic carbocycles. The van der Waals surface area contributed by atoms with Gasteiger partial charge in [-0.2, -0.15) is 39.5 Å². The van der Waals surface area contributed by atoms with E-state index in [-0.39, 0.29) is 6.92 Å². The maximum absolute atomic E-state index is 12.0. The molecule has 12 heteroatoms. The van der Waals surface area contributed by atoms with Crippen molar-refractivity contribution in [2.45, 2.75) is 44.0 Å². The first-order valence-corrected chi connectivity index (χ1v) is 4.08. The normalized spacial score (nSPS) is 15.6. The Hall–Kier alpha value is -0.840. The van der Waals surface area contributed by atoms with Crippen molar-refractivity contribution in [3.8, 4) is 0 Å². The van der Waals surface area contributed by atoms with Crippen molar-refractivity contribution < 1.29 is 52.7 Å². The highest BCUT2D eigenvalue weighted by Gasteiger charge is 2.60. The van der Waals surface area contributed by atoms with Gasteiger partial charge in [0.25, 0.3) is 12.1 Å². The summed E-state index contributed by atoms with van der Waals surface area (Å²) in [6.45, 7) is 0.188. The molecular formula is C7H6F12. The molecule has 0 aliphatic rings. The number of halogens is 12. The van der Waals surface area contributed by atoms with Crippen molar-refractivity contribution in [3.05, 3.63) is 0 Å². The fraction of sp³-hybridized carbons (Fsp3) is 1.00. The molecule has 19 heavy (non-hydrogen) atoms. The number of hydrogen-bond acceptors (Lipinski definition) is 0. The van der Waals surface area contributed by atoms with E-state index in [4.69, 9.17) is 0 Å². The molecule has 0 saturated heterocycles. The van der Waals surface area contributed by atoms with Gasteiger partial charge in [-0.3, -0.25) is 0 Å². The van der Waals surface area contributed by atoms with E-state index in [2.05, 4.69) is 0 Å². The maximum Gasteiger partial charge on any atom is 0.425 e. The summed E-state index contributed by atoms with van der Waals surface area (Å²) in [4.78, 5) is 0. The van der Waals surface area contributed by atoms with Crippen LogP contribution < -0.4 is 0 Å².